The number of oxazole rings is 1. The van der Waals surface area contributed by atoms with Crippen LogP contribution in [0, 0.1) is 0 Å². The van der Waals surface area contributed by atoms with Crippen molar-refractivity contribution >= 4 is 28.0 Å². The molecule has 0 saturated carbocycles. The van der Waals surface area contributed by atoms with Crippen LogP contribution in [-0.4, -0.2) is 32.4 Å². The maximum absolute atomic E-state index is 12.9. The molecule has 0 aliphatic rings. The summed E-state index contributed by atoms with van der Waals surface area (Å²) in [6.45, 7) is 1.99. The normalized spacial score (nSPS) is 12.4. The van der Waals surface area contributed by atoms with Crippen molar-refractivity contribution in [3.05, 3.63) is 71.0 Å². The molecule has 2 aromatic carbocycles. The first-order valence-corrected chi connectivity index (χ1v) is 8.60. The van der Waals surface area contributed by atoms with Gasteiger partial charge in [-0.1, -0.05) is 24.3 Å². The van der Waals surface area contributed by atoms with Gasteiger partial charge in [0.1, 0.15) is 6.04 Å². The summed E-state index contributed by atoms with van der Waals surface area (Å²) in [5, 5.41) is 0. The Morgan fingerprint density at radius 2 is 1.85 bits per heavy atom. The molecule has 0 unspecified atom stereocenters. The molecule has 0 aliphatic heterocycles. The average Bonchev–Trinajstić information content (AvgIpc) is 3.02. The molecule has 7 heteroatoms. The minimum Gasteiger partial charge on any atom is -0.408 e. The van der Waals surface area contributed by atoms with E-state index in [1.54, 1.807) is 44.4 Å². The lowest BCUT2D eigenvalue weighted by Gasteiger charge is -2.21. The first-order chi connectivity index (χ1) is 13.0. The van der Waals surface area contributed by atoms with Gasteiger partial charge in [-0.05, 0) is 31.2 Å². The predicted molar refractivity (Wildman–Crippen MR) is 101 cm³/mol. The van der Waals surface area contributed by atoms with Crippen molar-refractivity contribution in [1.82, 2.24) is 19.4 Å². The van der Waals surface area contributed by atoms with Gasteiger partial charge in [0.25, 0.3) is 0 Å². The van der Waals surface area contributed by atoms with Crippen LogP contribution in [0.2, 0.25) is 0 Å². The number of amides is 1. The van der Waals surface area contributed by atoms with Crippen LogP contribution in [-0.2, 0) is 11.3 Å². The minimum absolute atomic E-state index is 0.210. The molecule has 4 rings (SSSR count). The first kappa shape index (κ1) is 17.0. The Kier molecular flexibility index (Phi) is 4.19. The smallest absolute Gasteiger partial charge is 0.408 e. The first-order valence-electron chi connectivity index (χ1n) is 8.60. The number of carbonyl (C=O) groups is 1. The van der Waals surface area contributed by atoms with Crippen LogP contribution in [0.4, 0.5) is 0 Å². The summed E-state index contributed by atoms with van der Waals surface area (Å²) >= 11 is 0. The topological polar surface area (TPSA) is 81.2 Å². The quantitative estimate of drug-likeness (QED) is 0.558. The zero-order valence-electron chi connectivity index (χ0n) is 15.0. The van der Waals surface area contributed by atoms with Crippen LogP contribution in [0.5, 0.6) is 0 Å². The number of likely N-dealkylation sites (N-methyl/N-ethyl adjacent to an activating group) is 1. The molecule has 0 bridgehead atoms. The molecule has 7 nitrogen and oxygen atoms in total. The van der Waals surface area contributed by atoms with Crippen molar-refractivity contribution in [3.63, 3.8) is 0 Å². The van der Waals surface area contributed by atoms with Crippen molar-refractivity contribution in [1.29, 1.82) is 0 Å². The lowest BCUT2D eigenvalue weighted by molar-refractivity contribution is -0.133. The van der Waals surface area contributed by atoms with E-state index in [1.165, 1.54) is 9.47 Å². The molecule has 2 heterocycles. The van der Waals surface area contributed by atoms with Crippen LogP contribution in [0.1, 0.15) is 18.7 Å². The molecule has 4 aromatic rings. The molecule has 0 fully saturated rings. The summed E-state index contributed by atoms with van der Waals surface area (Å²) in [6.07, 6.45) is 1.66. The van der Waals surface area contributed by atoms with Gasteiger partial charge in [-0.3, -0.25) is 14.3 Å². The van der Waals surface area contributed by atoms with Crippen molar-refractivity contribution in [2.45, 2.75) is 19.5 Å². The number of hydrogen-bond donors (Lipinski definition) is 0. The van der Waals surface area contributed by atoms with Crippen molar-refractivity contribution in [3.8, 4) is 0 Å². The van der Waals surface area contributed by atoms with Crippen LogP contribution in [0.15, 0.2) is 63.9 Å². The second-order valence-electron chi connectivity index (χ2n) is 6.43. The predicted octanol–water partition coefficient (Wildman–Crippen LogP) is 2.76. The second kappa shape index (κ2) is 6.68. The molecular weight excluding hydrogens is 344 g/mol. The zero-order chi connectivity index (χ0) is 19.0. The molecule has 0 radical (unpaired) electrons. The Bertz CT molecular complexity index is 1190. The Balaban J connectivity index is 1.59. The molecule has 0 N–H and O–H groups in total. The molecule has 27 heavy (non-hydrogen) atoms. The van der Waals surface area contributed by atoms with E-state index >= 15 is 0 Å². The molecular formula is C20H18N4O3. The van der Waals surface area contributed by atoms with Crippen molar-refractivity contribution in [2.75, 3.05) is 7.05 Å². The lowest BCUT2D eigenvalue weighted by Crippen LogP contribution is -2.35. The van der Waals surface area contributed by atoms with E-state index in [9.17, 15) is 9.59 Å². The van der Waals surface area contributed by atoms with E-state index in [-0.39, 0.29) is 5.91 Å². The molecule has 2 aromatic heterocycles. The number of aromatic nitrogens is 3. The van der Waals surface area contributed by atoms with Gasteiger partial charge in [0.15, 0.2) is 5.58 Å². The highest BCUT2D eigenvalue weighted by Crippen LogP contribution is 2.18. The molecule has 0 aliphatic carbocycles. The van der Waals surface area contributed by atoms with Gasteiger partial charge in [0.2, 0.25) is 5.91 Å². The van der Waals surface area contributed by atoms with E-state index in [1.807, 2.05) is 24.3 Å². The van der Waals surface area contributed by atoms with Gasteiger partial charge in [0, 0.05) is 7.05 Å². The number of fused-ring (bicyclic) bond motifs is 2. The van der Waals surface area contributed by atoms with E-state index in [0.717, 1.165) is 11.0 Å². The lowest BCUT2D eigenvalue weighted by atomic mass is 10.2. The van der Waals surface area contributed by atoms with Crippen LogP contribution in [0.3, 0.4) is 0 Å². The number of rotatable bonds is 4. The average molecular weight is 362 g/mol. The fraction of sp³-hybridized carbons (Fsp3) is 0.200. The largest absolute Gasteiger partial charge is 0.420 e. The maximum Gasteiger partial charge on any atom is 0.420 e. The highest BCUT2D eigenvalue weighted by molar-refractivity contribution is 5.83. The van der Waals surface area contributed by atoms with E-state index in [0.29, 0.717) is 23.3 Å². The van der Waals surface area contributed by atoms with Crippen molar-refractivity contribution in [2.24, 2.45) is 0 Å². The van der Waals surface area contributed by atoms with Gasteiger partial charge >= 0.3 is 5.76 Å². The Morgan fingerprint density at radius 3 is 2.67 bits per heavy atom. The summed E-state index contributed by atoms with van der Waals surface area (Å²) in [5.41, 5.74) is 3.33. The Hall–Kier alpha value is -3.48. The third kappa shape index (κ3) is 3.08. The monoisotopic (exact) mass is 362 g/mol. The highest BCUT2D eigenvalue weighted by atomic mass is 16.4. The van der Waals surface area contributed by atoms with Gasteiger partial charge in [0.05, 0.1) is 35.0 Å². The van der Waals surface area contributed by atoms with E-state index in [4.69, 9.17) is 4.42 Å². The molecule has 1 amide bonds. The number of benzene rings is 2. The van der Waals surface area contributed by atoms with Gasteiger partial charge in [-0.2, -0.15) is 0 Å². The van der Waals surface area contributed by atoms with Crippen LogP contribution in [0.25, 0.3) is 22.1 Å². The van der Waals surface area contributed by atoms with Gasteiger partial charge in [-0.25, -0.2) is 9.78 Å². The van der Waals surface area contributed by atoms with Crippen LogP contribution >= 0.6 is 0 Å². The number of hydrogen-bond acceptors (Lipinski definition) is 5. The standard InChI is InChI=1S/C20H18N4O3/c1-13(24-17-9-5-6-10-18(17)27-20(24)26)19(25)23(2)12-14-11-21-15-7-3-4-8-16(15)22-14/h3-11,13H,12H2,1-2H3/t13-/m1/s1. The number of carbonyl (C=O) groups excluding carboxylic acids is 1. The van der Waals surface area contributed by atoms with E-state index < -0.39 is 11.8 Å². The van der Waals surface area contributed by atoms with Gasteiger partial charge < -0.3 is 9.32 Å². The minimum atomic E-state index is -0.695. The second-order valence-corrected chi connectivity index (χ2v) is 6.43. The number of para-hydroxylation sites is 4. The summed E-state index contributed by atoms with van der Waals surface area (Å²) in [7, 11) is 1.68. The summed E-state index contributed by atoms with van der Waals surface area (Å²) in [6, 6.07) is 13.9. The summed E-state index contributed by atoms with van der Waals surface area (Å²) in [5.74, 6) is -0.755. The maximum atomic E-state index is 12.9. The molecule has 1 atom stereocenters. The third-order valence-electron chi connectivity index (χ3n) is 4.54. The Labute approximate surface area is 154 Å². The fourth-order valence-electron chi connectivity index (χ4n) is 3.17. The highest BCUT2D eigenvalue weighted by Gasteiger charge is 2.24. The SMILES string of the molecule is C[C@H](C(=O)N(C)Cc1cnc2ccccc2n1)n1c(=O)oc2ccccc21. The van der Waals surface area contributed by atoms with E-state index in [2.05, 4.69) is 9.97 Å². The summed E-state index contributed by atoms with van der Waals surface area (Å²) < 4.78 is 6.61. The van der Waals surface area contributed by atoms with Gasteiger partial charge in [-0.15, -0.1) is 0 Å². The molecule has 0 saturated heterocycles. The zero-order valence-corrected chi connectivity index (χ0v) is 15.0. The summed E-state index contributed by atoms with van der Waals surface area (Å²) in [4.78, 5) is 35.6. The third-order valence-corrected chi connectivity index (χ3v) is 4.54. The van der Waals surface area contributed by atoms with Crippen molar-refractivity contribution < 1.29 is 9.21 Å². The Morgan fingerprint density at radius 1 is 1.15 bits per heavy atom. The molecule has 0 spiro atoms. The fourth-order valence-corrected chi connectivity index (χ4v) is 3.17. The van der Waals surface area contributed by atoms with Crippen LogP contribution < -0.4 is 5.76 Å². The molecule has 136 valence electrons. The number of nitrogens with zero attached hydrogens (tertiary/aromatic N) is 4.